The summed E-state index contributed by atoms with van der Waals surface area (Å²) in [5, 5.41) is 0. The van der Waals surface area contributed by atoms with Crippen LogP contribution in [0.1, 0.15) is 57.9 Å². The fourth-order valence-electron chi connectivity index (χ4n) is 6.03. The zero-order chi connectivity index (χ0) is 14.7. The Labute approximate surface area is 129 Å². The average Bonchev–Trinajstić information content (AvgIpc) is 2.97. The van der Waals surface area contributed by atoms with Gasteiger partial charge in [0.2, 0.25) is 0 Å². The van der Waals surface area contributed by atoms with Crippen LogP contribution in [0.25, 0.3) is 0 Å². The molecule has 0 saturated heterocycles. The number of benzene rings is 1. The van der Waals surface area contributed by atoms with Crippen molar-refractivity contribution in [2.24, 2.45) is 23.2 Å². The van der Waals surface area contributed by atoms with Gasteiger partial charge in [0.05, 0.1) is 12.2 Å². The van der Waals surface area contributed by atoms with E-state index in [9.17, 15) is 0 Å². The highest BCUT2D eigenvalue weighted by Crippen LogP contribution is 2.71. The predicted molar refractivity (Wildman–Crippen MR) is 86.3 cm³/mol. The molecular weight excluding hydrogens is 256 g/mol. The molecule has 3 aliphatic carbocycles. The van der Waals surface area contributed by atoms with Crippen LogP contribution in [-0.4, -0.2) is 12.2 Å². The van der Waals surface area contributed by atoms with Gasteiger partial charge in [-0.15, -0.1) is 0 Å². The number of ether oxygens (including phenoxy) is 1. The lowest BCUT2D eigenvalue weighted by molar-refractivity contribution is -0.0841. The Balaban J connectivity index is 1.49. The average molecular weight is 284 g/mol. The Morgan fingerprint density at radius 3 is 2.71 bits per heavy atom. The molecule has 0 radical (unpaired) electrons. The molecule has 3 fully saturated rings. The normalized spacial score (nSPS) is 40.6. The fourth-order valence-corrected chi connectivity index (χ4v) is 6.03. The summed E-state index contributed by atoms with van der Waals surface area (Å²) in [4.78, 5) is 0. The van der Waals surface area contributed by atoms with Gasteiger partial charge in [0.25, 0.3) is 0 Å². The fraction of sp³-hybridized carbons (Fsp3) is 0.700. The van der Waals surface area contributed by atoms with E-state index >= 15 is 0 Å². The van der Waals surface area contributed by atoms with E-state index in [-0.39, 0.29) is 5.60 Å². The van der Waals surface area contributed by atoms with Crippen LogP contribution in [0.2, 0.25) is 0 Å². The lowest BCUT2D eigenvalue weighted by Gasteiger charge is -2.36. The zero-order valence-corrected chi connectivity index (χ0v) is 13.6. The predicted octanol–water partition coefficient (Wildman–Crippen LogP) is 5.02. The third kappa shape index (κ3) is 1.93. The van der Waals surface area contributed by atoms with Crippen molar-refractivity contribution in [3.05, 3.63) is 35.9 Å². The van der Waals surface area contributed by atoms with Crippen molar-refractivity contribution in [2.75, 3.05) is 6.61 Å². The first-order valence-electron chi connectivity index (χ1n) is 8.72. The van der Waals surface area contributed by atoms with Gasteiger partial charge in [0, 0.05) is 5.92 Å². The number of fused-ring (bicyclic) bond motifs is 1. The standard InChI is InChI=1S/C20H28O/c1-14(15-7-5-4-6-8-15)13-21-20-10-9-16-11-17(12-20)19(2,3)18(16)20/h4-8,14,16-18H,9-13H2,1-3H3/t14?,16-,17-,18-,20-/m0/s1. The first kappa shape index (κ1) is 13.8. The summed E-state index contributed by atoms with van der Waals surface area (Å²) in [6.45, 7) is 8.19. The third-order valence-electron chi connectivity index (χ3n) is 7.00. The molecule has 5 atom stereocenters. The molecule has 21 heavy (non-hydrogen) atoms. The van der Waals surface area contributed by atoms with Crippen LogP contribution in [0.4, 0.5) is 0 Å². The maximum atomic E-state index is 6.67. The van der Waals surface area contributed by atoms with E-state index in [1.165, 1.54) is 31.2 Å². The maximum Gasteiger partial charge on any atom is 0.0721 e. The van der Waals surface area contributed by atoms with E-state index in [1.54, 1.807) is 0 Å². The van der Waals surface area contributed by atoms with E-state index < -0.39 is 0 Å². The number of rotatable bonds is 4. The Kier molecular flexibility index (Phi) is 3.02. The first-order valence-corrected chi connectivity index (χ1v) is 8.72. The Morgan fingerprint density at radius 2 is 2.00 bits per heavy atom. The summed E-state index contributed by atoms with van der Waals surface area (Å²) in [5.41, 5.74) is 2.14. The van der Waals surface area contributed by atoms with Crippen molar-refractivity contribution in [1.82, 2.24) is 0 Å². The van der Waals surface area contributed by atoms with Gasteiger partial charge in [-0.2, -0.15) is 0 Å². The van der Waals surface area contributed by atoms with Crippen molar-refractivity contribution in [2.45, 2.75) is 58.0 Å². The van der Waals surface area contributed by atoms with E-state index in [4.69, 9.17) is 4.74 Å². The Hall–Kier alpha value is -0.820. The third-order valence-corrected chi connectivity index (χ3v) is 7.00. The topological polar surface area (TPSA) is 9.23 Å². The SMILES string of the molecule is CC(CO[C@@]12CC[C@H]3C[C@@H](C1)C(C)(C)[C@H]32)c1ccccc1. The zero-order valence-electron chi connectivity index (χ0n) is 13.6. The Morgan fingerprint density at radius 1 is 1.24 bits per heavy atom. The molecule has 0 spiro atoms. The molecule has 0 aromatic heterocycles. The van der Waals surface area contributed by atoms with E-state index in [1.807, 2.05) is 0 Å². The van der Waals surface area contributed by atoms with Gasteiger partial charge in [-0.1, -0.05) is 51.1 Å². The molecule has 4 rings (SSSR count). The van der Waals surface area contributed by atoms with E-state index in [0.717, 1.165) is 24.4 Å². The largest absolute Gasteiger partial charge is 0.374 e. The summed E-state index contributed by atoms with van der Waals surface area (Å²) in [6, 6.07) is 10.8. The minimum atomic E-state index is 0.222. The lowest BCUT2D eigenvalue weighted by atomic mass is 9.78. The first-order chi connectivity index (χ1) is 10.0. The van der Waals surface area contributed by atoms with Gasteiger partial charge in [-0.3, -0.25) is 0 Å². The summed E-state index contributed by atoms with van der Waals surface area (Å²) in [5.74, 6) is 3.17. The highest BCUT2D eigenvalue weighted by Gasteiger charge is 2.68. The molecular formula is C20H28O. The highest BCUT2D eigenvalue weighted by atomic mass is 16.5. The van der Waals surface area contributed by atoms with Crippen LogP contribution >= 0.6 is 0 Å². The molecule has 114 valence electrons. The van der Waals surface area contributed by atoms with E-state index in [2.05, 4.69) is 51.1 Å². The summed E-state index contributed by atoms with van der Waals surface area (Å²) >= 11 is 0. The van der Waals surface area contributed by atoms with Crippen molar-refractivity contribution in [1.29, 1.82) is 0 Å². The number of hydrogen-bond donors (Lipinski definition) is 0. The molecule has 2 bridgehead atoms. The van der Waals surface area contributed by atoms with Crippen molar-refractivity contribution >= 4 is 0 Å². The molecule has 1 aromatic rings. The number of hydrogen-bond acceptors (Lipinski definition) is 1. The van der Waals surface area contributed by atoms with Gasteiger partial charge in [-0.05, 0) is 54.4 Å². The van der Waals surface area contributed by atoms with Crippen molar-refractivity contribution < 1.29 is 4.74 Å². The maximum absolute atomic E-state index is 6.67. The quantitative estimate of drug-likeness (QED) is 0.754. The van der Waals surface area contributed by atoms with Crippen LogP contribution in [0, 0.1) is 23.2 Å². The molecule has 3 aliphatic rings. The summed E-state index contributed by atoms with van der Waals surface area (Å²) in [7, 11) is 0. The highest BCUT2D eigenvalue weighted by molar-refractivity contribution is 5.20. The smallest absolute Gasteiger partial charge is 0.0721 e. The molecule has 1 heteroatoms. The van der Waals surface area contributed by atoms with Crippen LogP contribution in [-0.2, 0) is 4.74 Å². The molecule has 1 unspecified atom stereocenters. The lowest BCUT2D eigenvalue weighted by Crippen LogP contribution is -2.39. The molecule has 0 heterocycles. The second-order valence-corrected chi connectivity index (χ2v) is 8.42. The second kappa shape index (κ2) is 4.59. The molecule has 1 aromatic carbocycles. The summed E-state index contributed by atoms with van der Waals surface area (Å²) < 4.78 is 6.67. The van der Waals surface area contributed by atoms with Gasteiger partial charge in [0.15, 0.2) is 0 Å². The molecule has 1 nitrogen and oxygen atoms in total. The van der Waals surface area contributed by atoms with Gasteiger partial charge in [0.1, 0.15) is 0 Å². The molecule has 0 amide bonds. The van der Waals surface area contributed by atoms with Crippen LogP contribution in [0.3, 0.4) is 0 Å². The second-order valence-electron chi connectivity index (χ2n) is 8.42. The van der Waals surface area contributed by atoms with Crippen molar-refractivity contribution in [3.63, 3.8) is 0 Å². The van der Waals surface area contributed by atoms with E-state index in [0.29, 0.717) is 11.3 Å². The Bertz CT molecular complexity index is 520. The molecule has 0 aliphatic heterocycles. The summed E-state index contributed by atoms with van der Waals surface area (Å²) in [6.07, 6.45) is 5.51. The van der Waals surface area contributed by atoms with Crippen LogP contribution in [0.15, 0.2) is 30.3 Å². The monoisotopic (exact) mass is 284 g/mol. The van der Waals surface area contributed by atoms with Gasteiger partial charge < -0.3 is 4.74 Å². The van der Waals surface area contributed by atoms with Crippen LogP contribution in [0.5, 0.6) is 0 Å². The minimum absolute atomic E-state index is 0.222. The van der Waals surface area contributed by atoms with Crippen molar-refractivity contribution in [3.8, 4) is 0 Å². The van der Waals surface area contributed by atoms with Crippen LogP contribution < -0.4 is 0 Å². The molecule has 0 N–H and O–H groups in total. The van der Waals surface area contributed by atoms with Gasteiger partial charge >= 0.3 is 0 Å². The molecule has 3 saturated carbocycles. The van der Waals surface area contributed by atoms with Gasteiger partial charge in [-0.25, -0.2) is 0 Å². The minimum Gasteiger partial charge on any atom is -0.374 e.